The maximum atomic E-state index is 10.9. The van der Waals surface area contributed by atoms with Crippen molar-refractivity contribution < 1.29 is 63.0 Å². The average molecular weight is 1230 g/mol. The number of methoxy groups -OCH3 is 1. The first-order valence-corrected chi connectivity index (χ1v) is 30.7. The zero-order valence-electron chi connectivity index (χ0n) is 54.3. The van der Waals surface area contributed by atoms with Gasteiger partial charge in [-0.25, -0.2) is 9.59 Å². The van der Waals surface area contributed by atoms with E-state index in [1.807, 2.05) is 39.6 Å². The molecule has 7 rings (SSSR count). The molecule has 0 radical (unpaired) electrons. The lowest BCUT2D eigenvalue weighted by Crippen LogP contribution is -2.16. The van der Waals surface area contributed by atoms with Crippen LogP contribution in [0.5, 0.6) is 17.2 Å². The van der Waals surface area contributed by atoms with Crippen molar-refractivity contribution in [3.8, 4) is 17.2 Å². The number of carbonyl (C=O) groups excluding carboxylic acids is 4. The molecule has 3 N–H and O–H groups in total. The quantitative estimate of drug-likeness (QED) is 0.00807. The fraction of sp³-hybridized carbons (Fsp3) is 0.438. The zero-order valence-corrected chi connectivity index (χ0v) is 54.3. The van der Waals surface area contributed by atoms with Crippen LogP contribution in [-0.2, 0) is 28.7 Å². The minimum absolute atomic E-state index is 0.110. The van der Waals surface area contributed by atoms with Gasteiger partial charge in [0.2, 0.25) is 0 Å². The number of rotatable bonds is 28. The maximum Gasteiger partial charge on any atom is 0.335 e. The highest BCUT2D eigenvalue weighted by molar-refractivity contribution is 5.94. The van der Waals surface area contributed by atoms with Crippen molar-refractivity contribution in [2.24, 2.45) is 10.1 Å². The Morgan fingerprint density at radius 2 is 1.09 bits per heavy atom. The Morgan fingerprint density at radius 1 is 0.618 bits per heavy atom. The number of hydrogen-bond donors (Lipinski definition) is 3. The van der Waals surface area contributed by atoms with Crippen molar-refractivity contribution in [1.82, 2.24) is 5.01 Å². The van der Waals surface area contributed by atoms with E-state index in [1.165, 1.54) is 135 Å². The second-order valence-electron chi connectivity index (χ2n) is 19.9. The van der Waals surface area contributed by atoms with Crippen molar-refractivity contribution in [1.29, 1.82) is 0 Å². The Hall–Kier alpha value is -8.05. The largest absolute Gasteiger partial charge is 0.494 e. The van der Waals surface area contributed by atoms with Crippen LogP contribution in [-0.4, -0.2) is 126 Å². The van der Waals surface area contributed by atoms with Gasteiger partial charge in [-0.15, -0.1) is 0 Å². The number of fused-ring (bicyclic) bond motifs is 1. The third-order valence-corrected chi connectivity index (χ3v) is 14.1. The van der Waals surface area contributed by atoms with E-state index in [0.29, 0.717) is 18.6 Å². The molecule has 0 atom stereocenters. The molecule has 0 bridgehead atoms. The summed E-state index contributed by atoms with van der Waals surface area (Å²) in [6, 6.07) is 34.1. The molecule has 0 saturated heterocycles. The van der Waals surface area contributed by atoms with Gasteiger partial charge < -0.3 is 48.6 Å². The van der Waals surface area contributed by atoms with Gasteiger partial charge in [0.25, 0.3) is 6.47 Å². The van der Waals surface area contributed by atoms with Crippen LogP contribution in [0, 0.1) is 6.92 Å². The van der Waals surface area contributed by atoms with E-state index in [0.717, 1.165) is 115 Å². The number of esters is 1. The highest BCUT2D eigenvalue weighted by Crippen LogP contribution is 2.35. The molecule has 2 saturated carbocycles. The number of ether oxygens (including phenoxy) is 5. The van der Waals surface area contributed by atoms with Crippen LogP contribution in [0.3, 0.4) is 0 Å². The number of benzene rings is 5. The molecular weight excluding hydrogens is 1130 g/mol. The SMILES string of the molecule is C=CC(=O)OCCCCCCOc1ccc(C2CCCCC2)cc1.C=CC=C.C=Nc1c(C)ccc2ccccc12.C=O.C=O.CCN(CC)/N=C/c1cc(C(=O)O)ccc1OC=O.CO.CO.COCCCCCCOc1ccc(C2CCCCC2)cc1. The van der Waals surface area contributed by atoms with Gasteiger partial charge in [-0.1, -0.05) is 137 Å². The molecule has 0 unspecified atom stereocenters. The number of aliphatic hydroxyl groups is 2. The highest BCUT2D eigenvalue weighted by Gasteiger charge is 2.17. The molecule has 16 heteroatoms. The normalized spacial score (nSPS) is 12.0. The van der Waals surface area contributed by atoms with Crippen molar-refractivity contribution in [3.05, 3.63) is 169 Å². The van der Waals surface area contributed by atoms with Gasteiger partial charge in [0.05, 0.1) is 37.3 Å². The van der Waals surface area contributed by atoms with Crippen LogP contribution in [0.15, 0.2) is 151 Å². The molecule has 2 aliphatic rings. The number of allylic oxidation sites excluding steroid dienone is 2. The van der Waals surface area contributed by atoms with E-state index in [4.69, 9.17) is 48.6 Å². The fourth-order valence-electron chi connectivity index (χ4n) is 9.46. The molecule has 0 amide bonds. The first-order valence-electron chi connectivity index (χ1n) is 30.7. The van der Waals surface area contributed by atoms with E-state index < -0.39 is 5.97 Å². The summed E-state index contributed by atoms with van der Waals surface area (Å²) in [6.45, 7) is 28.3. The van der Waals surface area contributed by atoms with Crippen LogP contribution >= 0.6 is 0 Å². The minimum atomic E-state index is -1.05. The molecule has 2 aliphatic carbocycles. The lowest BCUT2D eigenvalue weighted by Gasteiger charge is -2.22. The number of aryl methyl sites for hydroxylation is 1. The molecule has 5 aromatic carbocycles. The first-order chi connectivity index (χ1) is 43.5. The van der Waals surface area contributed by atoms with E-state index in [-0.39, 0.29) is 17.3 Å². The van der Waals surface area contributed by atoms with E-state index >= 15 is 0 Å². The van der Waals surface area contributed by atoms with Gasteiger partial charge >= 0.3 is 11.9 Å². The van der Waals surface area contributed by atoms with E-state index in [9.17, 15) is 14.4 Å². The van der Waals surface area contributed by atoms with Gasteiger partial charge in [-0.3, -0.25) is 14.8 Å². The number of aliphatic imine (C=N–C) groups is 1. The Kier molecular flexibility index (Phi) is 53.8. The molecule has 0 aliphatic heterocycles. The van der Waals surface area contributed by atoms with Crippen LogP contribution in [0.2, 0.25) is 0 Å². The van der Waals surface area contributed by atoms with Gasteiger partial charge in [-0.2, -0.15) is 5.10 Å². The van der Waals surface area contributed by atoms with E-state index in [2.05, 4.69) is 116 Å². The summed E-state index contributed by atoms with van der Waals surface area (Å²) >= 11 is 0. The number of unbranched alkanes of at least 4 members (excludes halogenated alkanes) is 6. The molecule has 16 nitrogen and oxygen atoms in total. The maximum absolute atomic E-state index is 10.9. The predicted octanol–water partition coefficient (Wildman–Crippen LogP) is 16.0. The highest BCUT2D eigenvalue weighted by atomic mass is 16.5. The number of nitrogens with zero attached hydrogens (tertiary/aromatic N) is 3. The second-order valence-corrected chi connectivity index (χ2v) is 19.9. The van der Waals surface area contributed by atoms with Gasteiger partial charge in [0.15, 0.2) is 0 Å². The lowest BCUT2D eigenvalue weighted by molar-refractivity contribution is -0.137. The molecule has 0 spiro atoms. The van der Waals surface area contributed by atoms with Crippen molar-refractivity contribution in [2.45, 2.75) is 148 Å². The lowest BCUT2D eigenvalue weighted by atomic mass is 9.84. The molecule has 5 aromatic rings. The number of aliphatic hydroxyl groups excluding tert-OH is 2. The van der Waals surface area contributed by atoms with Gasteiger partial charge in [0.1, 0.15) is 30.8 Å². The Bertz CT molecular complexity index is 2640. The van der Waals surface area contributed by atoms with Gasteiger partial charge in [-0.05, 0) is 174 Å². The van der Waals surface area contributed by atoms with Crippen LogP contribution in [0.1, 0.15) is 174 Å². The summed E-state index contributed by atoms with van der Waals surface area (Å²) in [5.41, 5.74) is 5.70. The topological polar surface area (TPSA) is 220 Å². The smallest absolute Gasteiger partial charge is 0.335 e. The van der Waals surface area contributed by atoms with Crippen molar-refractivity contribution >= 4 is 61.4 Å². The second kappa shape index (κ2) is 57.7. The Labute approximate surface area is 532 Å². The Morgan fingerprint density at radius 3 is 1.52 bits per heavy atom. The fourth-order valence-corrected chi connectivity index (χ4v) is 9.46. The molecular formula is C73H105N3O13. The zero-order chi connectivity index (χ0) is 66.7. The monoisotopic (exact) mass is 1230 g/mol. The first kappa shape index (κ1) is 83.0. The summed E-state index contributed by atoms with van der Waals surface area (Å²) in [7, 11) is 3.76. The van der Waals surface area contributed by atoms with Crippen LogP contribution in [0.25, 0.3) is 10.8 Å². The molecule has 0 aromatic heterocycles. The number of hydrazone groups is 1. The standard InChI is InChI=1S/C21H30O3.C19H30O2.C13H16N2O4.C12H11N.C4H6.2CH4O.2CH2O/c1-2-21(22)24-17-9-4-3-8-16-23-20-14-12-19(13-15-20)18-10-6-5-7-11-18;1-20-15-7-2-3-8-16-21-19-13-11-18(12-14-19)17-9-5-4-6-10-17;1-3-15(4-2)14-8-11-7-10(13(17)18)5-6-12(11)19-9-16;1-9-7-8-10-5-3-4-6-11(10)12(9)13-2;1-3-4-2;4*1-2/h2,12-15,18H,1,3-11,16-17H2;11-14,17H,2-10,15-16H2,1H3;5-9H,3-4H2,1-2H3,(H,17,18);3-8H,2H2,1H3;3-4H,1-2H2;2*2H,1H3;2*1H2/b;;14-8+;;;;;;. The Balaban J connectivity index is 0. The van der Waals surface area contributed by atoms with Crippen molar-refractivity contribution in [3.63, 3.8) is 0 Å². The molecule has 2 fully saturated rings. The molecule has 0 heterocycles. The van der Waals surface area contributed by atoms with Crippen LogP contribution in [0.4, 0.5) is 5.69 Å². The number of carbonyl (C=O) groups is 5. The predicted molar refractivity (Wildman–Crippen MR) is 365 cm³/mol. The summed E-state index contributed by atoms with van der Waals surface area (Å²) in [5.74, 6) is 2.42. The molecule has 490 valence electrons. The molecule has 89 heavy (non-hydrogen) atoms. The minimum Gasteiger partial charge on any atom is -0.494 e. The van der Waals surface area contributed by atoms with E-state index in [1.54, 1.807) is 24.3 Å². The van der Waals surface area contributed by atoms with Crippen LogP contribution < -0.4 is 14.2 Å². The number of carboxylic acids is 1. The third-order valence-electron chi connectivity index (χ3n) is 14.1. The number of aromatic carboxylic acids is 1. The summed E-state index contributed by atoms with van der Waals surface area (Å²) in [6.07, 6.45) is 28.5. The number of hydrogen-bond acceptors (Lipinski definition) is 15. The summed E-state index contributed by atoms with van der Waals surface area (Å²) < 4.78 is 26.4. The van der Waals surface area contributed by atoms with Crippen molar-refractivity contribution in [2.75, 3.05) is 60.8 Å². The number of carboxylic acid groups (broad SMARTS) is 1. The third kappa shape index (κ3) is 37.4. The average Bonchev–Trinajstić information content (AvgIpc) is 3.09. The summed E-state index contributed by atoms with van der Waals surface area (Å²) in [4.78, 5) is 52.2. The van der Waals surface area contributed by atoms with Gasteiger partial charge in [0, 0.05) is 58.1 Å². The summed E-state index contributed by atoms with van der Waals surface area (Å²) in [5, 5.41) is 31.3.